The molecule has 0 radical (unpaired) electrons. The van der Waals surface area contributed by atoms with Gasteiger partial charge in [0.1, 0.15) is 0 Å². The zero-order chi connectivity index (χ0) is 7.82. The normalized spacial score (nSPS) is 12.5. The number of hydrogen-bond acceptors (Lipinski definition) is 2. The third kappa shape index (κ3) is 6.00. The molecule has 0 aliphatic heterocycles. The number of nitrogens with one attached hydrogen (secondary N) is 1. The molecule has 0 saturated heterocycles. The second kappa shape index (κ2) is 6.98. The molecule has 0 fully saturated rings. The fourth-order valence-electron chi connectivity index (χ4n) is 0.584. The zero-order valence-corrected chi connectivity index (χ0v) is 7.50. The lowest BCUT2D eigenvalue weighted by molar-refractivity contribution is 0.696. The first-order chi connectivity index (χ1) is 4.81. The van der Waals surface area contributed by atoms with Crippen LogP contribution in [-0.2, 0) is 0 Å². The molecule has 0 bridgehead atoms. The molecule has 0 saturated carbocycles. The molecule has 2 heteroatoms. The van der Waals surface area contributed by atoms with Gasteiger partial charge in [0, 0.05) is 5.25 Å². The summed E-state index contributed by atoms with van der Waals surface area (Å²) in [4.78, 5) is 0. The number of hydrogen-bond donors (Lipinski definition) is 1. The van der Waals surface area contributed by atoms with Crippen LogP contribution in [0.25, 0.3) is 0 Å². The van der Waals surface area contributed by atoms with Crippen LogP contribution in [0.15, 0.2) is 0 Å². The van der Waals surface area contributed by atoms with Crippen LogP contribution >= 0.6 is 11.8 Å². The van der Waals surface area contributed by atoms with E-state index >= 15 is 0 Å². The van der Waals surface area contributed by atoms with Crippen LogP contribution in [0, 0.1) is 12.3 Å². The molecule has 0 aromatic heterocycles. The van der Waals surface area contributed by atoms with Crippen molar-refractivity contribution in [1.29, 1.82) is 0 Å². The highest BCUT2D eigenvalue weighted by Crippen LogP contribution is 2.07. The van der Waals surface area contributed by atoms with E-state index in [1.807, 2.05) is 11.8 Å². The van der Waals surface area contributed by atoms with E-state index in [1.54, 1.807) is 0 Å². The minimum absolute atomic E-state index is 0.696. The van der Waals surface area contributed by atoms with Crippen molar-refractivity contribution < 1.29 is 0 Å². The molecule has 0 aromatic carbocycles. The predicted octanol–water partition coefficient (Wildman–Crippen LogP) is 1.35. The maximum atomic E-state index is 5.06. The van der Waals surface area contributed by atoms with E-state index in [-0.39, 0.29) is 0 Å². The van der Waals surface area contributed by atoms with E-state index < -0.39 is 0 Å². The van der Waals surface area contributed by atoms with E-state index in [4.69, 9.17) is 6.42 Å². The minimum Gasteiger partial charge on any atom is -0.306 e. The Morgan fingerprint density at radius 2 is 2.40 bits per heavy atom. The van der Waals surface area contributed by atoms with Crippen molar-refractivity contribution >= 4 is 11.8 Å². The van der Waals surface area contributed by atoms with E-state index in [0.717, 1.165) is 11.8 Å². The van der Waals surface area contributed by atoms with Gasteiger partial charge in [-0.15, -0.1) is 6.42 Å². The fraction of sp³-hybridized carbons (Fsp3) is 0.750. The quantitative estimate of drug-likeness (QED) is 0.477. The molecule has 0 amide bonds. The first-order valence-corrected chi connectivity index (χ1v) is 4.77. The first kappa shape index (κ1) is 9.87. The second-order valence-corrected chi connectivity index (χ2v) is 3.49. The van der Waals surface area contributed by atoms with Gasteiger partial charge in [-0.05, 0) is 19.2 Å². The van der Waals surface area contributed by atoms with Crippen LogP contribution in [0.2, 0.25) is 0 Å². The molecule has 1 nitrogen and oxygen atoms in total. The van der Waals surface area contributed by atoms with Crippen LogP contribution in [0.3, 0.4) is 0 Å². The Morgan fingerprint density at radius 1 is 1.70 bits per heavy atom. The number of thioether (sulfide) groups is 1. The Labute approximate surface area is 68.0 Å². The van der Waals surface area contributed by atoms with Gasteiger partial charge in [0.05, 0.1) is 6.54 Å². The smallest absolute Gasteiger partial charge is 0.0573 e. The lowest BCUT2D eigenvalue weighted by Crippen LogP contribution is -2.17. The summed E-state index contributed by atoms with van der Waals surface area (Å²) in [6, 6.07) is 0. The average molecular weight is 157 g/mol. The zero-order valence-electron chi connectivity index (χ0n) is 6.68. The molecule has 0 aliphatic carbocycles. The van der Waals surface area contributed by atoms with Gasteiger partial charge in [-0.2, -0.15) is 11.8 Å². The third-order valence-electron chi connectivity index (χ3n) is 1.36. The van der Waals surface area contributed by atoms with Crippen LogP contribution in [0.5, 0.6) is 0 Å². The molecular formula is C8H15NS. The molecular weight excluding hydrogens is 142 g/mol. The summed E-state index contributed by atoms with van der Waals surface area (Å²) in [5.74, 6) is 2.54. The summed E-state index contributed by atoms with van der Waals surface area (Å²) >= 11 is 1.89. The lowest BCUT2D eigenvalue weighted by atomic mass is 10.3. The molecule has 1 N–H and O–H groups in total. The van der Waals surface area contributed by atoms with Gasteiger partial charge in [-0.1, -0.05) is 12.8 Å². The first-order valence-electron chi connectivity index (χ1n) is 3.48. The van der Waals surface area contributed by atoms with Crippen molar-refractivity contribution in [2.45, 2.75) is 18.6 Å². The van der Waals surface area contributed by atoms with Gasteiger partial charge in [0.15, 0.2) is 0 Å². The summed E-state index contributed by atoms with van der Waals surface area (Å²) < 4.78 is 0. The van der Waals surface area contributed by atoms with Crippen molar-refractivity contribution in [3.8, 4) is 12.3 Å². The van der Waals surface area contributed by atoms with E-state index in [2.05, 4.69) is 24.4 Å². The third-order valence-corrected chi connectivity index (χ3v) is 2.40. The Hall–Kier alpha value is -0.130. The largest absolute Gasteiger partial charge is 0.306 e. The average Bonchev–Trinajstić information content (AvgIpc) is 1.98. The Bertz CT molecular complexity index is 106. The summed E-state index contributed by atoms with van der Waals surface area (Å²) in [6.07, 6.45) is 8.39. The van der Waals surface area contributed by atoms with Crippen LogP contribution < -0.4 is 5.32 Å². The molecule has 0 aliphatic rings. The molecule has 0 rings (SSSR count). The summed E-state index contributed by atoms with van der Waals surface area (Å²) in [5, 5.41) is 3.89. The van der Waals surface area contributed by atoms with Crippen molar-refractivity contribution in [3.63, 3.8) is 0 Å². The van der Waals surface area contributed by atoms with Gasteiger partial charge < -0.3 is 5.32 Å². The fourth-order valence-corrected chi connectivity index (χ4v) is 0.937. The molecule has 0 spiro atoms. The highest BCUT2D eigenvalue weighted by atomic mass is 32.2. The molecule has 1 unspecified atom stereocenters. The van der Waals surface area contributed by atoms with Crippen LogP contribution in [-0.4, -0.2) is 24.6 Å². The van der Waals surface area contributed by atoms with Gasteiger partial charge in [-0.3, -0.25) is 0 Å². The molecule has 0 heterocycles. The van der Waals surface area contributed by atoms with E-state index in [1.165, 1.54) is 6.42 Å². The highest BCUT2D eigenvalue weighted by molar-refractivity contribution is 7.99. The monoisotopic (exact) mass is 157 g/mol. The maximum Gasteiger partial charge on any atom is 0.0573 e. The number of rotatable bonds is 5. The standard InChI is InChI=1S/C8H15NS/c1-4-6-9-7-5-8(2)10-3/h1,8-9H,5-7H2,2-3H3. The summed E-state index contributed by atoms with van der Waals surface area (Å²) in [5.41, 5.74) is 0. The summed E-state index contributed by atoms with van der Waals surface area (Å²) in [7, 11) is 0. The second-order valence-electron chi connectivity index (χ2n) is 2.22. The molecule has 10 heavy (non-hydrogen) atoms. The lowest BCUT2D eigenvalue weighted by Gasteiger charge is -2.06. The van der Waals surface area contributed by atoms with Crippen molar-refractivity contribution in [1.82, 2.24) is 5.32 Å². The molecule has 0 aromatic rings. The Balaban J connectivity index is 2.98. The maximum absolute atomic E-state index is 5.06. The van der Waals surface area contributed by atoms with Crippen LogP contribution in [0.1, 0.15) is 13.3 Å². The molecule has 1 atom stereocenters. The van der Waals surface area contributed by atoms with E-state index in [0.29, 0.717) is 6.54 Å². The Kier molecular flexibility index (Phi) is 6.89. The topological polar surface area (TPSA) is 12.0 Å². The predicted molar refractivity (Wildman–Crippen MR) is 49.3 cm³/mol. The van der Waals surface area contributed by atoms with E-state index in [9.17, 15) is 0 Å². The number of terminal acetylenes is 1. The highest BCUT2D eigenvalue weighted by Gasteiger charge is 1.96. The van der Waals surface area contributed by atoms with Gasteiger partial charge >= 0.3 is 0 Å². The van der Waals surface area contributed by atoms with Crippen molar-refractivity contribution in [2.75, 3.05) is 19.3 Å². The molecule has 58 valence electrons. The van der Waals surface area contributed by atoms with Gasteiger partial charge in [-0.25, -0.2) is 0 Å². The van der Waals surface area contributed by atoms with Crippen molar-refractivity contribution in [3.05, 3.63) is 0 Å². The summed E-state index contributed by atoms with van der Waals surface area (Å²) in [6.45, 7) is 3.95. The van der Waals surface area contributed by atoms with Crippen molar-refractivity contribution in [2.24, 2.45) is 0 Å². The van der Waals surface area contributed by atoms with Crippen LogP contribution in [0.4, 0.5) is 0 Å². The van der Waals surface area contributed by atoms with Gasteiger partial charge in [0.25, 0.3) is 0 Å². The SMILES string of the molecule is C#CCNCCC(C)SC. The van der Waals surface area contributed by atoms with Gasteiger partial charge in [0.2, 0.25) is 0 Å². The Morgan fingerprint density at radius 3 is 2.90 bits per heavy atom. The minimum atomic E-state index is 0.696.